The van der Waals surface area contributed by atoms with E-state index in [0.29, 0.717) is 6.54 Å². The SMILES string of the molecule is COC(CN)CCN1CCN(c2ccc(Cl)cc2)CC1. The van der Waals surface area contributed by atoms with Crippen molar-refractivity contribution in [3.05, 3.63) is 29.3 Å². The van der Waals surface area contributed by atoms with Crippen molar-refractivity contribution in [2.45, 2.75) is 12.5 Å². The fourth-order valence-electron chi connectivity index (χ4n) is 2.54. The van der Waals surface area contributed by atoms with Crippen molar-refractivity contribution < 1.29 is 4.74 Å². The van der Waals surface area contributed by atoms with Crippen molar-refractivity contribution in [3.63, 3.8) is 0 Å². The molecule has 0 amide bonds. The lowest BCUT2D eigenvalue weighted by molar-refractivity contribution is 0.0885. The molecule has 2 rings (SSSR count). The number of benzene rings is 1. The van der Waals surface area contributed by atoms with Crippen LogP contribution in [0.3, 0.4) is 0 Å². The standard InChI is InChI=1S/C15H24ClN3O/c1-20-15(12-17)6-7-18-8-10-19(11-9-18)14-4-2-13(16)3-5-14/h2-5,15H,6-12,17H2,1H3. The number of piperazine rings is 1. The molecule has 0 aliphatic carbocycles. The van der Waals surface area contributed by atoms with E-state index in [-0.39, 0.29) is 6.10 Å². The van der Waals surface area contributed by atoms with Crippen LogP contribution < -0.4 is 10.6 Å². The van der Waals surface area contributed by atoms with Crippen LogP contribution in [0.2, 0.25) is 5.02 Å². The third-order valence-electron chi connectivity index (χ3n) is 3.93. The Morgan fingerprint density at radius 3 is 2.40 bits per heavy atom. The van der Waals surface area contributed by atoms with Gasteiger partial charge >= 0.3 is 0 Å². The molecule has 0 aromatic heterocycles. The molecule has 1 aliphatic rings. The maximum Gasteiger partial charge on any atom is 0.0705 e. The molecule has 0 radical (unpaired) electrons. The van der Waals surface area contributed by atoms with Gasteiger partial charge in [0.25, 0.3) is 0 Å². The van der Waals surface area contributed by atoms with E-state index in [1.807, 2.05) is 12.1 Å². The molecule has 20 heavy (non-hydrogen) atoms. The summed E-state index contributed by atoms with van der Waals surface area (Å²) in [6.45, 7) is 5.95. The number of hydrogen-bond donors (Lipinski definition) is 1. The van der Waals surface area contributed by atoms with Gasteiger partial charge in [-0.2, -0.15) is 0 Å². The first-order chi connectivity index (χ1) is 9.72. The first-order valence-corrected chi connectivity index (χ1v) is 7.56. The average molecular weight is 298 g/mol. The largest absolute Gasteiger partial charge is 0.380 e. The molecule has 1 unspecified atom stereocenters. The molecule has 1 saturated heterocycles. The van der Waals surface area contributed by atoms with Gasteiger partial charge < -0.3 is 15.4 Å². The number of anilines is 1. The second-order valence-corrected chi connectivity index (χ2v) is 5.62. The van der Waals surface area contributed by atoms with Gasteiger partial charge in [0.2, 0.25) is 0 Å². The van der Waals surface area contributed by atoms with Crippen LogP contribution in [0.5, 0.6) is 0 Å². The first-order valence-electron chi connectivity index (χ1n) is 7.18. The van der Waals surface area contributed by atoms with E-state index in [2.05, 4.69) is 21.9 Å². The van der Waals surface area contributed by atoms with Crippen molar-refractivity contribution in [1.29, 1.82) is 0 Å². The second-order valence-electron chi connectivity index (χ2n) is 5.19. The van der Waals surface area contributed by atoms with Crippen molar-refractivity contribution in [3.8, 4) is 0 Å². The number of nitrogens with two attached hydrogens (primary N) is 1. The fraction of sp³-hybridized carbons (Fsp3) is 0.600. The molecule has 1 aromatic carbocycles. The Morgan fingerprint density at radius 2 is 1.85 bits per heavy atom. The Kier molecular flexibility index (Phi) is 6.10. The smallest absolute Gasteiger partial charge is 0.0705 e. The number of halogens is 1. The molecular weight excluding hydrogens is 274 g/mol. The predicted molar refractivity (Wildman–Crippen MR) is 84.6 cm³/mol. The molecular formula is C15H24ClN3O. The van der Waals surface area contributed by atoms with Crippen LogP contribution in [0.25, 0.3) is 0 Å². The summed E-state index contributed by atoms with van der Waals surface area (Å²) >= 11 is 5.92. The summed E-state index contributed by atoms with van der Waals surface area (Å²) < 4.78 is 5.32. The van der Waals surface area contributed by atoms with Crippen LogP contribution in [0.4, 0.5) is 5.69 Å². The van der Waals surface area contributed by atoms with Crippen LogP contribution in [-0.2, 0) is 4.74 Å². The van der Waals surface area contributed by atoms with E-state index in [4.69, 9.17) is 22.1 Å². The minimum Gasteiger partial charge on any atom is -0.380 e. The number of hydrogen-bond acceptors (Lipinski definition) is 4. The molecule has 1 aliphatic heterocycles. The van der Waals surface area contributed by atoms with Crippen LogP contribution in [0, 0.1) is 0 Å². The lowest BCUT2D eigenvalue weighted by Gasteiger charge is -2.36. The second kappa shape index (κ2) is 7.84. The molecule has 1 fully saturated rings. The van der Waals surface area contributed by atoms with E-state index in [0.717, 1.165) is 44.2 Å². The van der Waals surface area contributed by atoms with E-state index in [1.54, 1.807) is 7.11 Å². The summed E-state index contributed by atoms with van der Waals surface area (Å²) in [5.74, 6) is 0. The van der Waals surface area contributed by atoms with Gasteiger partial charge in [-0.05, 0) is 30.7 Å². The maximum atomic E-state index is 5.92. The van der Waals surface area contributed by atoms with Crippen LogP contribution >= 0.6 is 11.6 Å². The molecule has 5 heteroatoms. The van der Waals surface area contributed by atoms with E-state index in [1.165, 1.54) is 5.69 Å². The number of ether oxygens (including phenoxy) is 1. The minimum atomic E-state index is 0.185. The quantitative estimate of drug-likeness (QED) is 0.870. The summed E-state index contributed by atoms with van der Waals surface area (Å²) in [5.41, 5.74) is 6.90. The van der Waals surface area contributed by atoms with Gasteiger partial charge in [0.1, 0.15) is 0 Å². The maximum absolute atomic E-state index is 5.92. The average Bonchev–Trinajstić information content (AvgIpc) is 2.50. The van der Waals surface area contributed by atoms with Crippen molar-refractivity contribution in [2.75, 3.05) is 51.3 Å². The molecule has 1 aromatic rings. The van der Waals surface area contributed by atoms with Crippen molar-refractivity contribution >= 4 is 17.3 Å². The van der Waals surface area contributed by atoms with E-state index < -0.39 is 0 Å². The van der Waals surface area contributed by atoms with Crippen LogP contribution in [-0.4, -0.2) is 57.4 Å². The molecule has 112 valence electrons. The molecule has 2 N–H and O–H groups in total. The van der Waals surface area contributed by atoms with E-state index in [9.17, 15) is 0 Å². The Balaban J connectivity index is 1.76. The van der Waals surface area contributed by atoms with Gasteiger partial charge in [0.05, 0.1) is 6.10 Å². The zero-order chi connectivity index (χ0) is 14.4. The Labute approximate surface area is 126 Å². The molecule has 0 saturated carbocycles. The highest BCUT2D eigenvalue weighted by Gasteiger charge is 2.17. The number of methoxy groups -OCH3 is 1. The van der Waals surface area contributed by atoms with Gasteiger partial charge in [-0.15, -0.1) is 0 Å². The van der Waals surface area contributed by atoms with Gasteiger partial charge in [0, 0.05) is 57.1 Å². The van der Waals surface area contributed by atoms with Crippen LogP contribution in [0.1, 0.15) is 6.42 Å². The lowest BCUT2D eigenvalue weighted by Crippen LogP contribution is -2.47. The molecule has 0 bridgehead atoms. The predicted octanol–water partition coefficient (Wildman–Crippen LogP) is 1.83. The van der Waals surface area contributed by atoms with Gasteiger partial charge in [-0.1, -0.05) is 11.6 Å². The Hall–Kier alpha value is -0.810. The highest BCUT2D eigenvalue weighted by molar-refractivity contribution is 6.30. The molecule has 1 heterocycles. The highest BCUT2D eigenvalue weighted by atomic mass is 35.5. The topological polar surface area (TPSA) is 41.7 Å². The molecule has 4 nitrogen and oxygen atoms in total. The van der Waals surface area contributed by atoms with E-state index >= 15 is 0 Å². The summed E-state index contributed by atoms with van der Waals surface area (Å²) in [4.78, 5) is 4.89. The highest BCUT2D eigenvalue weighted by Crippen LogP contribution is 2.19. The van der Waals surface area contributed by atoms with Crippen molar-refractivity contribution in [1.82, 2.24) is 4.90 Å². The number of nitrogens with zero attached hydrogens (tertiary/aromatic N) is 2. The van der Waals surface area contributed by atoms with Crippen LogP contribution in [0.15, 0.2) is 24.3 Å². The first kappa shape index (κ1) is 15.6. The molecule has 0 spiro atoms. The Morgan fingerprint density at radius 1 is 1.20 bits per heavy atom. The molecule has 1 atom stereocenters. The zero-order valence-electron chi connectivity index (χ0n) is 12.1. The number of rotatable bonds is 6. The lowest BCUT2D eigenvalue weighted by atomic mass is 10.2. The summed E-state index contributed by atoms with van der Waals surface area (Å²) in [7, 11) is 1.73. The summed E-state index contributed by atoms with van der Waals surface area (Å²) in [6, 6.07) is 8.09. The zero-order valence-corrected chi connectivity index (χ0v) is 12.9. The fourth-order valence-corrected chi connectivity index (χ4v) is 2.67. The normalized spacial score (nSPS) is 18.2. The van der Waals surface area contributed by atoms with Crippen molar-refractivity contribution in [2.24, 2.45) is 5.73 Å². The monoisotopic (exact) mass is 297 g/mol. The van der Waals surface area contributed by atoms with Gasteiger partial charge in [0.15, 0.2) is 0 Å². The minimum absolute atomic E-state index is 0.185. The Bertz CT molecular complexity index is 387. The van der Waals surface area contributed by atoms with Gasteiger partial charge in [-0.3, -0.25) is 4.90 Å². The summed E-state index contributed by atoms with van der Waals surface area (Å²) in [5, 5.41) is 0.791. The third-order valence-corrected chi connectivity index (χ3v) is 4.18. The summed E-state index contributed by atoms with van der Waals surface area (Å²) in [6.07, 6.45) is 1.19. The third kappa shape index (κ3) is 4.35. The van der Waals surface area contributed by atoms with Gasteiger partial charge in [-0.25, -0.2) is 0 Å².